The van der Waals surface area contributed by atoms with Crippen molar-refractivity contribution in [1.82, 2.24) is 5.32 Å². The first-order chi connectivity index (χ1) is 11.6. The quantitative estimate of drug-likeness (QED) is 0.618. The van der Waals surface area contributed by atoms with Crippen LogP contribution in [0.4, 0.5) is 5.69 Å². The Hall–Kier alpha value is -2.50. The molecule has 0 aromatic heterocycles. The largest absolute Gasteiger partial charge is 0.497 e. The number of nitrogens with one attached hydrogen (secondary N) is 2. The standard InChI is InChI=1S/C18H24N2O4/c1-23-15-10-6-9-14(11-15)19-16(12-17(21)24-2)18(22)20-13-7-4-3-5-8-13/h6,9-13,19H,3-5,7-8H2,1-2H3,(H,20,22)/b16-12-. The molecule has 1 aliphatic carbocycles. The molecule has 1 aliphatic rings. The highest BCUT2D eigenvalue weighted by Gasteiger charge is 2.19. The summed E-state index contributed by atoms with van der Waals surface area (Å²) in [6.45, 7) is 0. The number of hydrogen-bond acceptors (Lipinski definition) is 5. The number of rotatable bonds is 6. The third-order valence-electron chi connectivity index (χ3n) is 4.00. The number of benzene rings is 1. The minimum Gasteiger partial charge on any atom is -0.497 e. The van der Waals surface area contributed by atoms with Crippen molar-refractivity contribution in [3.63, 3.8) is 0 Å². The topological polar surface area (TPSA) is 76.7 Å². The summed E-state index contributed by atoms with van der Waals surface area (Å²) in [6, 6.07) is 7.30. The van der Waals surface area contributed by atoms with Crippen LogP contribution in [-0.2, 0) is 14.3 Å². The van der Waals surface area contributed by atoms with E-state index in [4.69, 9.17) is 4.74 Å². The minimum atomic E-state index is -0.584. The number of carbonyl (C=O) groups excluding carboxylic acids is 2. The van der Waals surface area contributed by atoms with Gasteiger partial charge in [0.05, 0.1) is 20.3 Å². The van der Waals surface area contributed by atoms with E-state index in [9.17, 15) is 9.59 Å². The monoisotopic (exact) mass is 332 g/mol. The van der Waals surface area contributed by atoms with Gasteiger partial charge in [-0.1, -0.05) is 25.3 Å². The first kappa shape index (κ1) is 17.8. The third-order valence-corrected chi connectivity index (χ3v) is 4.00. The summed E-state index contributed by atoms with van der Waals surface area (Å²) in [5.41, 5.74) is 0.809. The van der Waals surface area contributed by atoms with Crippen LogP contribution in [0.3, 0.4) is 0 Å². The van der Waals surface area contributed by atoms with E-state index >= 15 is 0 Å². The van der Waals surface area contributed by atoms with Crippen LogP contribution >= 0.6 is 0 Å². The van der Waals surface area contributed by atoms with Crippen LogP contribution in [0.2, 0.25) is 0 Å². The zero-order valence-corrected chi connectivity index (χ0v) is 14.1. The predicted molar refractivity (Wildman–Crippen MR) is 91.7 cm³/mol. The van der Waals surface area contributed by atoms with Gasteiger partial charge in [-0.3, -0.25) is 4.79 Å². The fraction of sp³-hybridized carbons (Fsp3) is 0.444. The van der Waals surface area contributed by atoms with Gasteiger partial charge < -0.3 is 20.1 Å². The molecule has 1 amide bonds. The molecule has 1 aromatic rings. The zero-order chi connectivity index (χ0) is 17.4. The molecule has 0 atom stereocenters. The Kier molecular flexibility index (Phi) is 6.66. The lowest BCUT2D eigenvalue weighted by Gasteiger charge is -2.23. The van der Waals surface area contributed by atoms with Crippen molar-refractivity contribution in [2.45, 2.75) is 38.1 Å². The molecule has 24 heavy (non-hydrogen) atoms. The van der Waals surface area contributed by atoms with Crippen molar-refractivity contribution in [2.24, 2.45) is 0 Å². The van der Waals surface area contributed by atoms with Gasteiger partial charge in [-0.15, -0.1) is 0 Å². The highest BCUT2D eigenvalue weighted by Crippen LogP contribution is 2.20. The maximum Gasteiger partial charge on any atom is 0.332 e. The van der Waals surface area contributed by atoms with Crippen molar-refractivity contribution >= 4 is 17.6 Å². The number of amides is 1. The second-order valence-corrected chi connectivity index (χ2v) is 5.75. The molecule has 1 aromatic carbocycles. The molecule has 2 rings (SSSR count). The van der Waals surface area contributed by atoms with Crippen LogP contribution < -0.4 is 15.4 Å². The lowest BCUT2D eigenvalue weighted by Crippen LogP contribution is -2.38. The molecule has 0 aliphatic heterocycles. The Labute approximate surface area is 142 Å². The number of carbonyl (C=O) groups is 2. The summed E-state index contributed by atoms with van der Waals surface area (Å²) in [5, 5.41) is 5.97. The van der Waals surface area contributed by atoms with Gasteiger partial charge in [0.1, 0.15) is 11.4 Å². The maximum absolute atomic E-state index is 12.5. The van der Waals surface area contributed by atoms with E-state index in [2.05, 4.69) is 15.4 Å². The van der Waals surface area contributed by atoms with Gasteiger partial charge in [-0.25, -0.2) is 4.79 Å². The Morgan fingerprint density at radius 2 is 1.92 bits per heavy atom. The third kappa shape index (κ3) is 5.30. The smallest absolute Gasteiger partial charge is 0.332 e. The summed E-state index contributed by atoms with van der Waals surface area (Å²) in [7, 11) is 2.85. The van der Waals surface area contributed by atoms with E-state index in [1.807, 2.05) is 0 Å². The highest BCUT2D eigenvalue weighted by molar-refractivity contribution is 6.01. The number of ether oxygens (including phenoxy) is 2. The average Bonchev–Trinajstić information content (AvgIpc) is 2.62. The lowest BCUT2D eigenvalue weighted by atomic mass is 9.95. The number of methoxy groups -OCH3 is 2. The molecular formula is C18H24N2O4. The van der Waals surface area contributed by atoms with Crippen LogP contribution in [0.25, 0.3) is 0 Å². The van der Waals surface area contributed by atoms with Crippen molar-refractivity contribution in [3.05, 3.63) is 36.0 Å². The van der Waals surface area contributed by atoms with Crippen molar-refractivity contribution in [3.8, 4) is 5.75 Å². The number of anilines is 1. The van der Waals surface area contributed by atoms with Gasteiger partial charge in [0, 0.05) is 17.8 Å². The van der Waals surface area contributed by atoms with Gasteiger partial charge in [0.2, 0.25) is 0 Å². The SMILES string of the molecule is COC(=O)/C=C(\Nc1cccc(OC)c1)C(=O)NC1CCCCC1. The molecule has 0 saturated heterocycles. The van der Waals surface area contributed by atoms with E-state index in [0.717, 1.165) is 31.8 Å². The predicted octanol–water partition coefficient (Wildman–Crippen LogP) is 2.61. The first-order valence-electron chi connectivity index (χ1n) is 8.14. The maximum atomic E-state index is 12.5. The van der Waals surface area contributed by atoms with E-state index < -0.39 is 5.97 Å². The molecule has 0 radical (unpaired) electrons. The second-order valence-electron chi connectivity index (χ2n) is 5.75. The first-order valence-corrected chi connectivity index (χ1v) is 8.14. The molecule has 130 valence electrons. The van der Waals surface area contributed by atoms with Gasteiger partial charge in [-0.05, 0) is 25.0 Å². The molecule has 0 bridgehead atoms. The minimum absolute atomic E-state index is 0.152. The Bertz CT molecular complexity index is 607. The molecule has 6 nitrogen and oxygen atoms in total. The molecule has 1 fully saturated rings. The lowest BCUT2D eigenvalue weighted by molar-refractivity contribution is -0.135. The van der Waals surface area contributed by atoms with E-state index in [1.165, 1.54) is 13.5 Å². The van der Waals surface area contributed by atoms with Crippen molar-refractivity contribution < 1.29 is 19.1 Å². The number of esters is 1. The fourth-order valence-electron chi connectivity index (χ4n) is 2.70. The second kappa shape index (κ2) is 8.96. The number of hydrogen-bond donors (Lipinski definition) is 2. The van der Waals surface area contributed by atoms with Gasteiger partial charge >= 0.3 is 5.97 Å². The van der Waals surface area contributed by atoms with E-state index in [-0.39, 0.29) is 17.6 Å². The summed E-state index contributed by atoms with van der Waals surface area (Å²) in [6.07, 6.45) is 6.54. The Balaban J connectivity index is 2.12. The fourth-order valence-corrected chi connectivity index (χ4v) is 2.70. The van der Waals surface area contributed by atoms with Crippen LogP contribution in [0.15, 0.2) is 36.0 Å². The zero-order valence-electron chi connectivity index (χ0n) is 14.1. The van der Waals surface area contributed by atoms with E-state index in [0.29, 0.717) is 11.4 Å². The molecule has 0 unspecified atom stereocenters. The van der Waals surface area contributed by atoms with Crippen LogP contribution in [-0.4, -0.2) is 32.1 Å². The Morgan fingerprint density at radius 3 is 2.58 bits per heavy atom. The van der Waals surface area contributed by atoms with Crippen LogP contribution in [0, 0.1) is 0 Å². The molecular weight excluding hydrogens is 308 g/mol. The van der Waals surface area contributed by atoms with Crippen LogP contribution in [0.1, 0.15) is 32.1 Å². The van der Waals surface area contributed by atoms with Gasteiger partial charge in [0.15, 0.2) is 0 Å². The summed E-state index contributed by atoms with van der Waals surface area (Å²) < 4.78 is 9.81. The van der Waals surface area contributed by atoms with Crippen LogP contribution in [0.5, 0.6) is 5.75 Å². The normalized spacial score (nSPS) is 15.5. The highest BCUT2D eigenvalue weighted by atomic mass is 16.5. The molecule has 6 heteroatoms. The van der Waals surface area contributed by atoms with E-state index in [1.54, 1.807) is 31.4 Å². The summed E-state index contributed by atoms with van der Waals surface area (Å²) >= 11 is 0. The molecule has 2 N–H and O–H groups in total. The Morgan fingerprint density at radius 1 is 1.17 bits per heavy atom. The van der Waals surface area contributed by atoms with Crippen molar-refractivity contribution in [1.29, 1.82) is 0 Å². The molecule has 0 heterocycles. The van der Waals surface area contributed by atoms with Gasteiger partial charge in [-0.2, -0.15) is 0 Å². The average molecular weight is 332 g/mol. The summed E-state index contributed by atoms with van der Waals surface area (Å²) in [4.78, 5) is 24.1. The van der Waals surface area contributed by atoms with Gasteiger partial charge in [0.25, 0.3) is 5.91 Å². The molecule has 1 saturated carbocycles. The summed E-state index contributed by atoms with van der Waals surface area (Å²) in [5.74, 6) is -0.237. The van der Waals surface area contributed by atoms with Crippen molar-refractivity contribution in [2.75, 3.05) is 19.5 Å². The molecule has 0 spiro atoms.